The maximum Gasteiger partial charge on any atom is 0.257 e. The van der Waals surface area contributed by atoms with Gasteiger partial charge in [-0.2, -0.15) is 5.10 Å². The molecule has 0 unspecified atom stereocenters. The van der Waals surface area contributed by atoms with Gasteiger partial charge in [-0.15, -0.1) is 0 Å². The average Bonchev–Trinajstić information content (AvgIpc) is 3.37. The zero-order valence-electron chi connectivity index (χ0n) is 17.4. The monoisotopic (exact) mass is 418 g/mol. The van der Waals surface area contributed by atoms with Crippen molar-refractivity contribution in [3.8, 4) is 0 Å². The van der Waals surface area contributed by atoms with Crippen LogP contribution in [0.4, 0.5) is 10.1 Å². The van der Waals surface area contributed by atoms with E-state index in [9.17, 15) is 9.18 Å². The minimum absolute atomic E-state index is 0.235. The first-order valence-electron chi connectivity index (χ1n) is 10.4. The van der Waals surface area contributed by atoms with Crippen molar-refractivity contribution in [3.63, 3.8) is 0 Å². The highest BCUT2D eigenvalue weighted by molar-refractivity contribution is 6.13. The molecule has 0 radical (unpaired) electrons. The van der Waals surface area contributed by atoms with Gasteiger partial charge in [-0.05, 0) is 44.0 Å². The molecule has 0 spiro atoms. The van der Waals surface area contributed by atoms with Crippen LogP contribution in [0.1, 0.15) is 35.0 Å². The van der Waals surface area contributed by atoms with Crippen molar-refractivity contribution in [2.75, 3.05) is 18.4 Å². The summed E-state index contributed by atoms with van der Waals surface area (Å²) >= 11 is 0. The molecule has 4 aromatic rings. The fourth-order valence-electron chi connectivity index (χ4n) is 4.09. The molecule has 158 valence electrons. The van der Waals surface area contributed by atoms with E-state index in [4.69, 9.17) is 0 Å². The second kappa shape index (κ2) is 7.63. The molecule has 0 saturated heterocycles. The number of anilines is 1. The van der Waals surface area contributed by atoms with Crippen LogP contribution in [0.2, 0.25) is 0 Å². The normalized spacial score (nSPS) is 14.2. The van der Waals surface area contributed by atoms with Crippen molar-refractivity contribution >= 4 is 33.7 Å². The number of pyridine rings is 1. The molecule has 8 heteroatoms. The number of imidazole rings is 1. The Bertz CT molecular complexity index is 1350. The lowest BCUT2D eigenvalue weighted by atomic mass is 9.95. The molecular weight excluding hydrogens is 395 g/mol. The molecule has 1 amide bonds. The van der Waals surface area contributed by atoms with E-state index in [0.717, 1.165) is 30.5 Å². The van der Waals surface area contributed by atoms with Gasteiger partial charge in [0.15, 0.2) is 11.5 Å². The Hall–Kier alpha value is -3.52. The Balaban J connectivity index is 1.54. The molecule has 1 aromatic carbocycles. The van der Waals surface area contributed by atoms with E-state index >= 15 is 0 Å². The SMILES string of the molecule is CCn1cc2c(C3=CCNCC3)ccc(C(=O)Nc3cc(F)c4nc(C)cn4c3)c2n1. The molecule has 0 atom stereocenters. The second-order valence-electron chi connectivity index (χ2n) is 7.74. The molecule has 2 N–H and O–H groups in total. The maximum atomic E-state index is 14.4. The van der Waals surface area contributed by atoms with Gasteiger partial charge in [-0.3, -0.25) is 9.48 Å². The first-order chi connectivity index (χ1) is 15.0. The second-order valence-corrected chi connectivity index (χ2v) is 7.74. The zero-order valence-corrected chi connectivity index (χ0v) is 17.4. The van der Waals surface area contributed by atoms with E-state index in [2.05, 4.69) is 26.8 Å². The molecule has 7 nitrogen and oxygen atoms in total. The van der Waals surface area contributed by atoms with E-state index in [1.807, 2.05) is 23.9 Å². The van der Waals surface area contributed by atoms with Gasteiger partial charge in [0, 0.05) is 43.1 Å². The molecule has 5 rings (SSSR count). The first kappa shape index (κ1) is 19.4. The number of fused-ring (bicyclic) bond motifs is 2. The smallest absolute Gasteiger partial charge is 0.257 e. The van der Waals surface area contributed by atoms with Crippen LogP contribution < -0.4 is 10.6 Å². The van der Waals surface area contributed by atoms with Crippen LogP contribution in [0.15, 0.2) is 42.9 Å². The van der Waals surface area contributed by atoms with Crippen LogP contribution in [0.3, 0.4) is 0 Å². The molecule has 0 fully saturated rings. The van der Waals surface area contributed by atoms with Crippen molar-refractivity contribution in [3.05, 3.63) is 65.5 Å². The highest BCUT2D eigenvalue weighted by Crippen LogP contribution is 2.30. The average molecular weight is 418 g/mol. The minimum Gasteiger partial charge on any atom is -0.320 e. The number of hydrogen-bond donors (Lipinski definition) is 2. The Morgan fingerprint density at radius 2 is 2.16 bits per heavy atom. The van der Waals surface area contributed by atoms with E-state index in [1.165, 1.54) is 11.6 Å². The predicted molar refractivity (Wildman–Crippen MR) is 119 cm³/mol. The summed E-state index contributed by atoms with van der Waals surface area (Å²) in [7, 11) is 0. The van der Waals surface area contributed by atoms with E-state index in [1.54, 1.807) is 29.8 Å². The standard InChI is InChI=1S/C23H23FN6O/c1-3-30-13-19-17(15-6-8-25-9-7-15)4-5-18(21(19)28-30)23(31)27-16-10-20(24)22-26-14(2)11-29(22)12-16/h4-6,10-13,25H,3,7-9H2,1-2H3,(H,27,31). The third kappa shape index (κ3) is 3.48. The Kier molecular flexibility index (Phi) is 4.78. The summed E-state index contributed by atoms with van der Waals surface area (Å²) in [6.07, 6.45) is 8.49. The van der Waals surface area contributed by atoms with Crippen LogP contribution in [0.5, 0.6) is 0 Å². The van der Waals surface area contributed by atoms with Crippen LogP contribution >= 0.6 is 0 Å². The summed E-state index contributed by atoms with van der Waals surface area (Å²) in [5.41, 5.74) is 4.78. The van der Waals surface area contributed by atoms with Crippen LogP contribution in [-0.4, -0.2) is 38.2 Å². The molecule has 0 saturated carbocycles. The number of amides is 1. The van der Waals surface area contributed by atoms with Gasteiger partial charge in [0.05, 0.1) is 16.9 Å². The Morgan fingerprint density at radius 1 is 1.29 bits per heavy atom. The Labute approximate surface area is 178 Å². The van der Waals surface area contributed by atoms with Gasteiger partial charge in [0.2, 0.25) is 0 Å². The fourth-order valence-corrected chi connectivity index (χ4v) is 4.09. The number of nitrogens with zero attached hydrogens (tertiary/aromatic N) is 4. The van der Waals surface area contributed by atoms with Gasteiger partial charge < -0.3 is 15.0 Å². The van der Waals surface area contributed by atoms with Crippen molar-refractivity contribution in [1.82, 2.24) is 24.5 Å². The predicted octanol–water partition coefficient (Wildman–Crippen LogP) is 3.78. The number of aryl methyl sites for hydroxylation is 2. The number of aromatic nitrogens is 4. The Morgan fingerprint density at radius 3 is 2.94 bits per heavy atom. The lowest BCUT2D eigenvalue weighted by molar-refractivity contribution is 0.102. The van der Waals surface area contributed by atoms with Gasteiger partial charge in [-0.25, -0.2) is 9.37 Å². The van der Waals surface area contributed by atoms with Crippen molar-refractivity contribution in [2.24, 2.45) is 0 Å². The maximum absolute atomic E-state index is 14.4. The fraction of sp³-hybridized carbons (Fsp3) is 0.261. The van der Waals surface area contributed by atoms with Gasteiger partial charge in [-0.1, -0.05) is 12.1 Å². The molecule has 1 aliphatic rings. The van der Waals surface area contributed by atoms with Gasteiger partial charge in [0.1, 0.15) is 5.52 Å². The lowest BCUT2D eigenvalue weighted by Gasteiger charge is -2.15. The number of rotatable bonds is 4. The number of benzene rings is 1. The van der Waals surface area contributed by atoms with Crippen LogP contribution in [0, 0.1) is 12.7 Å². The highest BCUT2D eigenvalue weighted by Gasteiger charge is 2.19. The summed E-state index contributed by atoms with van der Waals surface area (Å²) in [6, 6.07) is 5.08. The van der Waals surface area contributed by atoms with Crippen LogP contribution in [0.25, 0.3) is 22.1 Å². The third-order valence-corrected chi connectivity index (χ3v) is 5.59. The molecule has 1 aliphatic heterocycles. The molecule has 31 heavy (non-hydrogen) atoms. The minimum atomic E-state index is -0.487. The summed E-state index contributed by atoms with van der Waals surface area (Å²) in [6.45, 7) is 6.28. The van der Waals surface area contributed by atoms with Gasteiger partial charge >= 0.3 is 0 Å². The number of halogens is 1. The summed E-state index contributed by atoms with van der Waals surface area (Å²) < 4.78 is 17.8. The van der Waals surface area contributed by atoms with Crippen molar-refractivity contribution in [1.29, 1.82) is 0 Å². The summed E-state index contributed by atoms with van der Waals surface area (Å²) in [5, 5.41) is 11.7. The highest BCUT2D eigenvalue weighted by atomic mass is 19.1. The number of carbonyl (C=O) groups is 1. The zero-order chi connectivity index (χ0) is 21.5. The van der Waals surface area contributed by atoms with E-state index < -0.39 is 5.82 Å². The van der Waals surface area contributed by atoms with Gasteiger partial charge in [0.25, 0.3) is 5.91 Å². The van der Waals surface area contributed by atoms with E-state index in [0.29, 0.717) is 29.0 Å². The number of nitrogens with one attached hydrogen (secondary N) is 2. The topological polar surface area (TPSA) is 76.2 Å². The lowest BCUT2D eigenvalue weighted by Crippen LogP contribution is -2.20. The molecular formula is C23H23FN6O. The molecule has 0 bridgehead atoms. The summed E-state index contributed by atoms with van der Waals surface area (Å²) in [5.74, 6) is -0.813. The first-order valence-corrected chi connectivity index (χ1v) is 10.4. The van der Waals surface area contributed by atoms with Crippen molar-refractivity contribution in [2.45, 2.75) is 26.8 Å². The molecule has 3 aromatic heterocycles. The summed E-state index contributed by atoms with van der Waals surface area (Å²) in [4.78, 5) is 17.3. The quantitative estimate of drug-likeness (QED) is 0.529. The van der Waals surface area contributed by atoms with Crippen molar-refractivity contribution < 1.29 is 9.18 Å². The largest absolute Gasteiger partial charge is 0.320 e. The van der Waals surface area contributed by atoms with Crippen LogP contribution in [-0.2, 0) is 6.54 Å². The molecule has 0 aliphatic carbocycles. The number of hydrogen-bond acceptors (Lipinski definition) is 4. The molecule has 4 heterocycles. The number of carbonyl (C=O) groups excluding carboxylic acids is 1. The third-order valence-electron chi connectivity index (χ3n) is 5.59. The van der Waals surface area contributed by atoms with E-state index in [-0.39, 0.29) is 11.6 Å².